The fourth-order valence-corrected chi connectivity index (χ4v) is 0.329. The van der Waals surface area contributed by atoms with Gasteiger partial charge < -0.3 is 5.32 Å². The summed E-state index contributed by atoms with van der Waals surface area (Å²) >= 11 is 0. The highest BCUT2D eigenvalue weighted by molar-refractivity contribution is 6.14. The maximum atomic E-state index is 10.4. The zero-order chi connectivity index (χ0) is 7.98. The van der Waals surface area contributed by atoms with Gasteiger partial charge in [0.15, 0.2) is 0 Å². The Balaban J connectivity index is 3.63. The molecule has 0 spiro atoms. The van der Waals surface area contributed by atoms with Crippen LogP contribution in [0.4, 0.5) is 0 Å². The predicted octanol–water partition coefficient (Wildman–Crippen LogP) is -0.966. The number of nitriles is 2. The lowest BCUT2D eigenvalue weighted by Crippen LogP contribution is -2.33. The lowest BCUT2D eigenvalue weighted by atomic mass is 9.98. The van der Waals surface area contributed by atoms with Crippen molar-refractivity contribution in [3.8, 4) is 12.1 Å². The minimum atomic E-state index is -1.01. The summed E-state index contributed by atoms with van der Waals surface area (Å²) < 4.78 is 0. The monoisotopic (exact) mass is 133 g/mol. The molecule has 0 rings (SSSR count). The molecule has 10 heavy (non-hydrogen) atoms. The normalized spacial score (nSPS) is 10.6. The van der Waals surface area contributed by atoms with Crippen LogP contribution in [0.3, 0.4) is 0 Å². The molecule has 4 nitrogen and oxygen atoms in total. The molecule has 48 valence electrons. The summed E-state index contributed by atoms with van der Waals surface area (Å²) in [6, 6.07) is 3.21. The quantitative estimate of drug-likeness (QED) is 0.492. The second-order valence-corrected chi connectivity index (χ2v) is 1.51. The largest absolute Gasteiger partial charge is 0.348 e. The SMILES string of the molecule is [B]C(C#N)NC(=O)CC#N. The molecule has 0 aliphatic rings. The first-order valence-corrected chi connectivity index (χ1v) is 2.52. The smallest absolute Gasteiger partial charge is 0.234 e. The molecule has 0 aliphatic carbocycles. The molecule has 0 aromatic heterocycles. The van der Waals surface area contributed by atoms with Gasteiger partial charge in [-0.1, -0.05) is 0 Å². The third-order valence-electron chi connectivity index (χ3n) is 0.695. The Morgan fingerprint density at radius 1 is 1.70 bits per heavy atom. The molecule has 1 N–H and O–H groups in total. The number of nitrogens with one attached hydrogen (secondary N) is 1. The van der Waals surface area contributed by atoms with Crippen LogP contribution in [-0.4, -0.2) is 19.7 Å². The molecule has 0 aromatic carbocycles. The van der Waals surface area contributed by atoms with Crippen molar-refractivity contribution < 1.29 is 4.79 Å². The van der Waals surface area contributed by atoms with Crippen LogP contribution in [0, 0.1) is 22.7 Å². The van der Waals surface area contributed by atoms with Crippen molar-refractivity contribution in [3.63, 3.8) is 0 Å². The van der Waals surface area contributed by atoms with E-state index in [0.29, 0.717) is 0 Å². The van der Waals surface area contributed by atoms with Crippen LogP contribution in [-0.2, 0) is 4.79 Å². The Labute approximate surface area is 59.8 Å². The molecule has 0 heterocycles. The molecule has 0 aliphatic heterocycles. The molecule has 0 saturated heterocycles. The van der Waals surface area contributed by atoms with Crippen molar-refractivity contribution in [1.82, 2.24) is 5.32 Å². The van der Waals surface area contributed by atoms with E-state index in [1.807, 2.05) is 0 Å². The van der Waals surface area contributed by atoms with E-state index in [4.69, 9.17) is 18.4 Å². The second kappa shape index (κ2) is 4.40. The summed E-state index contributed by atoms with van der Waals surface area (Å²) in [5.74, 6) is -1.54. The minimum Gasteiger partial charge on any atom is -0.348 e. The van der Waals surface area contributed by atoms with Crippen molar-refractivity contribution in [2.24, 2.45) is 0 Å². The maximum Gasteiger partial charge on any atom is 0.234 e. The highest BCUT2D eigenvalue weighted by Gasteiger charge is 2.02. The lowest BCUT2D eigenvalue weighted by Gasteiger charge is -2.01. The van der Waals surface area contributed by atoms with Crippen molar-refractivity contribution in [3.05, 3.63) is 0 Å². The Kier molecular flexibility index (Phi) is 3.75. The van der Waals surface area contributed by atoms with Gasteiger partial charge in [-0.3, -0.25) is 4.79 Å². The van der Waals surface area contributed by atoms with Gasteiger partial charge in [-0.25, -0.2) is 0 Å². The highest BCUT2D eigenvalue weighted by atomic mass is 16.1. The summed E-state index contributed by atoms with van der Waals surface area (Å²) in [7, 11) is 5.00. The maximum absolute atomic E-state index is 10.4. The number of rotatable bonds is 2. The van der Waals surface area contributed by atoms with E-state index < -0.39 is 11.8 Å². The Bertz CT molecular complexity index is 202. The van der Waals surface area contributed by atoms with Crippen molar-refractivity contribution in [2.75, 3.05) is 0 Å². The van der Waals surface area contributed by atoms with E-state index in [2.05, 4.69) is 5.32 Å². The summed E-state index contributed by atoms with van der Waals surface area (Å²) in [6.45, 7) is 0. The Morgan fingerprint density at radius 3 is 2.70 bits per heavy atom. The van der Waals surface area contributed by atoms with E-state index >= 15 is 0 Å². The number of carbonyl (C=O) groups excluding carboxylic acids is 1. The average molecular weight is 133 g/mol. The Hall–Kier alpha value is -1.49. The molecule has 1 atom stereocenters. The minimum absolute atomic E-state index is 0.268. The van der Waals surface area contributed by atoms with Gasteiger partial charge in [0.05, 0.1) is 18.1 Å². The third kappa shape index (κ3) is 3.51. The van der Waals surface area contributed by atoms with Crippen LogP contribution >= 0.6 is 0 Å². The zero-order valence-corrected chi connectivity index (χ0v) is 5.16. The van der Waals surface area contributed by atoms with Gasteiger partial charge >= 0.3 is 0 Å². The molecule has 2 radical (unpaired) electrons. The summed E-state index contributed by atoms with van der Waals surface area (Å²) in [6.07, 6.45) is -0.268. The molecule has 5 heteroatoms. The molecule has 0 saturated carbocycles. The van der Waals surface area contributed by atoms with Gasteiger partial charge in [-0.15, -0.1) is 0 Å². The molecule has 0 bridgehead atoms. The molecular weight excluding hydrogens is 129 g/mol. The van der Waals surface area contributed by atoms with Gasteiger partial charge in [0.1, 0.15) is 14.3 Å². The van der Waals surface area contributed by atoms with Gasteiger partial charge in [-0.05, 0) is 0 Å². The Morgan fingerprint density at radius 2 is 2.30 bits per heavy atom. The van der Waals surface area contributed by atoms with E-state index in [1.165, 1.54) is 0 Å². The number of hydrogen-bond acceptors (Lipinski definition) is 3. The fourth-order valence-electron chi connectivity index (χ4n) is 0.329. The summed E-state index contributed by atoms with van der Waals surface area (Å²) in [5.41, 5.74) is 0. The van der Waals surface area contributed by atoms with Gasteiger partial charge in [0, 0.05) is 0 Å². The first kappa shape index (κ1) is 8.51. The van der Waals surface area contributed by atoms with Gasteiger partial charge in [-0.2, -0.15) is 10.5 Å². The predicted molar refractivity (Wildman–Crippen MR) is 33.5 cm³/mol. The molecule has 0 aromatic rings. The molecular formula is C5H4BN3O. The van der Waals surface area contributed by atoms with Crippen molar-refractivity contribution in [2.45, 2.75) is 12.4 Å². The van der Waals surface area contributed by atoms with E-state index in [-0.39, 0.29) is 6.42 Å². The first-order valence-electron chi connectivity index (χ1n) is 2.52. The summed E-state index contributed by atoms with van der Waals surface area (Å²) in [5, 5.41) is 18.2. The van der Waals surface area contributed by atoms with E-state index in [0.717, 1.165) is 0 Å². The molecule has 1 amide bonds. The van der Waals surface area contributed by atoms with Crippen LogP contribution in [0.5, 0.6) is 0 Å². The average Bonchev–Trinajstić information content (AvgIpc) is 1.88. The van der Waals surface area contributed by atoms with E-state index in [9.17, 15) is 4.79 Å². The van der Waals surface area contributed by atoms with Crippen LogP contribution in [0.2, 0.25) is 0 Å². The zero-order valence-electron chi connectivity index (χ0n) is 5.16. The fraction of sp³-hybridized carbons (Fsp3) is 0.400. The lowest BCUT2D eigenvalue weighted by molar-refractivity contribution is -0.120. The van der Waals surface area contributed by atoms with Crippen LogP contribution in [0.25, 0.3) is 0 Å². The first-order chi connectivity index (χ1) is 4.70. The second-order valence-electron chi connectivity index (χ2n) is 1.51. The van der Waals surface area contributed by atoms with Gasteiger partial charge in [0.25, 0.3) is 0 Å². The highest BCUT2D eigenvalue weighted by Crippen LogP contribution is 1.77. The standard InChI is InChI=1S/C5H4BN3O/c6-4(3-8)9-5(10)1-2-7/h4H,1H2,(H,9,10). The van der Waals surface area contributed by atoms with Crippen LogP contribution in [0.15, 0.2) is 0 Å². The van der Waals surface area contributed by atoms with Crippen molar-refractivity contribution >= 4 is 13.8 Å². The number of carbonyl (C=O) groups is 1. The number of amides is 1. The van der Waals surface area contributed by atoms with Crippen molar-refractivity contribution in [1.29, 1.82) is 10.5 Å². The van der Waals surface area contributed by atoms with Crippen LogP contribution < -0.4 is 5.32 Å². The molecule has 1 unspecified atom stereocenters. The summed E-state index contributed by atoms with van der Waals surface area (Å²) in [4.78, 5) is 10.4. The number of hydrogen-bond donors (Lipinski definition) is 1. The van der Waals surface area contributed by atoms with E-state index in [1.54, 1.807) is 12.1 Å². The van der Waals surface area contributed by atoms with Crippen LogP contribution in [0.1, 0.15) is 6.42 Å². The van der Waals surface area contributed by atoms with Gasteiger partial charge in [0.2, 0.25) is 5.91 Å². The third-order valence-corrected chi connectivity index (χ3v) is 0.695. The topological polar surface area (TPSA) is 76.7 Å². The molecule has 0 fully saturated rings. The number of nitrogens with zero attached hydrogens (tertiary/aromatic N) is 2.